The molecule has 1 aromatic heterocycles. The van der Waals surface area contributed by atoms with E-state index in [1.165, 1.54) is 12.1 Å². The van der Waals surface area contributed by atoms with Crippen molar-refractivity contribution in [1.82, 2.24) is 9.71 Å². The zero-order chi connectivity index (χ0) is 16.2. The number of benzene rings is 1. The number of aromatic nitrogens is 1. The Morgan fingerprint density at radius 1 is 1.09 bits per heavy atom. The molecule has 6 nitrogen and oxygen atoms in total. The van der Waals surface area contributed by atoms with Crippen LogP contribution in [0, 0.1) is 13.8 Å². The Kier molecular flexibility index (Phi) is 4.89. The maximum atomic E-state index is 12.0. The zero-order valence-electron chi connectivity index (χ0n) is 12.3. The van der Waals surface area contributed by atoms with Crippen molar-refractivity contribution in [3.8, 4) is 0 Å². The standard InChI is InChI=1S/C15H17N3O3S/c1-11-6-8-13(9-7-11)22(20,21)16-10-15(19)18-14-5-3-4-12(2)17-14/h3-9,16H,10H2,1-2H3,(H,17,18,19). The highest BCUT2D eigenvalue weighted by atomic mass is 32.2. The number of rotatable bonds is 5. The highest BCUT2D eigenvalue weighted by Crippen LogP contribution is 2.09. The van der Waals surface area contributed by atoms with Crippen LogP contribution in [0.2, 0.25) is 0 Å². The Morgan fingerprint density at radius 3 is 2.41 bits per heavy atom. The summed E-state index contributed by atoms with van der Waals surface area (Å²) in [4.78, 5) is 16.0. The van der Waals surface area contributed by atoms with Crippen LogP contribution in [0.25, 0.3) is 0 Å². The fraction of sp³-hybridized carbons (Fsp3) is 0.200. The number of nitrogens with zero attached hydrogens (tertiary/aromatic N) is 1. The zero-order valence-corrected chi connectivity index (χ0v) is 13.1. The van der Waals surface area contributed by atoms with Crippen LogP contribution in [-0.4, -0.2) is 25.9 Å². The van der Waals surface area contributed by atoms with Gasteiger partial charge in [0, 0.05) is 5.69 Å². The van der Waals surface area contributed by atoms with E-state index in [4.69, 9.17) is 0 Å². The average Bonchev–Trinajstić information content (AvgIpc) is 2.46. The first-order valence-electron chi connectivity index (χ1n) is 6.67. The lowest BCUT2D eigenvalue weighted by molar-refractivity contribution is -0.115. The predicted octanol–water partition coefficient (Wildman–Crippen LogP) is 1.62. The van der Waals surface area contributed by atoms with Crippen LogP contribution in [-0.2, 0) is 14.8 Å². The molecular weight excluding hydrogens is 302 g/mol. The van der Waals surface area contributed by atoms with E-state index >= 15 is 0 Å². The van der Waals surface area contributed by atoms with E-state index in [9.17, 15) is 13.2 Å². The van der Waals surface area contributed by atoms with E-state index in [2.05, 4.69) is 15.0 Å². The number of nitrogens with one attached hydrogen (secondary N) is 2. The van der Waals surface area contributed by atoms with Gasteiger partial charge >= 0.3 is 0 Å². The number of anilines is 1. The summed E-state index contributed by atoms with van der Waals surface area (Å²) >= 11 is 0. The first kappa shape index (κ1) is 16.1. The monoisotopic (exact) mass is 319 g/mol. The Labute approximate surface area is 129 Å². The van der Waals surface area contributed by atoms with Gasteiger partial charge in [0.1, 0.15) is 5.82 Å². The van der Waals surface area contributed by atoms with Crippen LogP contribution in [0.3, 0.4) is 0 Å². The summed E-state index contributed by atoms with van der Waals surface area (Å²) in [7, 11) is -3.70. The molecule has 1 amide bonds. The molecular formula is C15H17N3O3S. The van der Waals surface area contributed by atoms with Gasteiger partial charge in [0.05, 0.1) is 11.4 Å². The molecule has 1 aromatic carbocycles. The quantitative estimate of drug-likeness (QED) is 0.876. The second-order valence-electron chi connectivity index (χ2n) is 4.85. The lowest BCUT2D eigenvalue weighted by Gasteiger charge is -2.08. The Balaban J connectivity index is 1.97. The van der Waals surface area contributed by atoms with Gasteiger partial charge in [0.2, 0.25) is 15.9 Å². The molecule has 116 valence electrons. The van der Waals surface area contributed by atoms with Crippen LogP contribution in [0.4, 0.5) is 5.82 Å². The summed E-state index contributed by atoms with van der Waals surface area (Å²) in [5.74, 6) is -0.0895. The van der Waals surface area contributed by atoms with Gasteiger partial charge in [-0.1, -0.05) is 23.8 Å². The van der Waals surface area contributed by atoms with Gasteiger partial charge in [-0.05, 0) is 38.1 Å². The van der Waals surface area contributed by atoms with Crippen molar-refractivity contribution in [3.05, 3.63) is 53.7 Å². The molecule has 0 aliphatic carbocycles. The van der Waals surface area contributed by atoms with Crippen molar-refractivity contribution < 1.29 is 13.2 Å². The lowest BCUT2D eigenvalue weighted by Crippen LogP contribution is -2.33. The molecule has 0 aliphatic rings. The summed E-state index contributed by atoms with van der Waals surface area (Å²) in [5, 5.41) is 2.54. The van der Waals surface area contributed by atoms with Crippen molar-refractivity contribution in [2.75, 3.05) is 11.9 Å². The van der Waals surface area contributed by atoms with E-state index in [0.29, 0.717) is 5.82 Å². The number of hydrogen-bond donors (Lipinski definition) is 2. The van der Waals surface area contributed by atoms with E-state index in [-0.39, 0.29) is 11.4 Å². The number of sulfonamides is 1. The SMILES string of the molecule is Cc1ccc(S(=O)(=O)NCC(=O)Nc2cccc(C)n2)cc1. The van der Waals surface area contributed by atoms with E-state index < -0.39 is 15.9 Å². The number of hydrogen-bond acceptors (Lipinski definition) is 4. The van der Waals surface area contributed by atoms with Gasteiger partial charge in [-0.2, -0.15) is 0 Å². The normalized spacial score (nSPS) is 11.2. The minimum atomic E-state index is -3.70. The minimum absolute atomic E-state index is 0.125. The number of carbonyl (C=O) groups excluding carboxylic acids is 1. The first-order valence-corrected chi connectivity index (χ1v) is 8.15. The summed E-state index contributed by atoms with van der Waals surface area (Å²) < 4.78 is 26.4. The summed E-state index contributed by atoms with van der Waals surface area (Å²) in [6.07, 6.45) is 0. The molecule has 1 heterocycles. The highest BCUT2D eigenvalue weighted by Gasteiger charge is 2.15. The number of pyridine rings is 1. The highest BCUT2D eigenvalue weighted by molar-refractivity contribution is 7.89. The first-order chi connectivity index (χ1) is 10.4. The van der Waals surface area contributed by atoms with E-state index in [1.54, 1.807) is 37.3 Å². The predicted molar refractivity (Wildman–Crippen MR) is 84.0 cm³/mol. The Hall–Kier alpha value is -2.25. The van der Waals surface area contributed by atoms with Crippen molar-refractivity contribution in [1.29, 1.82) is 0 Å². The summed E-state index contributed by atoms with van der Waals surface area (Å²) in [5.41, 5.74) is 1.72. The van der Waals surface area contributed by atoms with Gasteiger partial charge in [0.25, 0.3) is 0 Å². The fourth-order valence-corrected chi connectivity index (χ4v) is 2.74. The van der Waals surface area contributed by atoms with Crippen molar-refractivity contribution >= 4 is 21.7 Å². The molecule has 0 radical (unpaired) electrons. The number of amides is 1. The molecule has 22 heavy (non-hydrogen) atoms. The summed E-state index contributed by atoms with van der Waals surface area (Å²) in [6.45, 7) is 3.31. The van der Waals surface area contributed by atoms with Crippen molar-refractivity contribution in [3.63, 3.8) is 0 Å². The molecule has 0 saturated carbocycles. The van der Waals surface area contributed by atoms with Crippen LogP contribution in [0.5, 0.6) is 0 Å². The van der Waals surface area contributed by atoms with E-state index in [1.807, 2.05) is 6.92 Å². The molecule has 0 fully saturated rings. The Morgan fingerprint density at radius 2 is 1.77 bits per heavy atom. The number of carbonyl (C=O) groups is 1. The fourth-order valence-electron chi connectivity index (χ4n) is 1.76. The topological polar surface area (TPSA) is 88.2 Å². The molecule has 0 aliphatic heterocycles. The van der Waals surface area contributed by atoms with E-state index in [0.717, 1.165) is 11.3 Å². The third kappa shape index (κ3) is 4.37. The average molecular weight is 319 g/mol. The molecule has 0 bridgehead atoms. The van der Waals surface area contributed by atoms with Crippen LogP contribution < -0.4 is 10.0 Å². The van der Waals surface area contributed by atoms with Crippen LogP contribution >= 0.6 is 0 Å². The molecule has 2 rings (SSSR count). The number of aryl methyl sites for hydroxylation is 2. The second kappa shape index (κ2) is 6.67. The summed E-state index contributed by atoms with van der Waals surface area (Å²) in [6, 6.07) is 11.6. The third-order valence-electron chi connectivity index (χ3n) is 2.91. The van der Waals surface area contributed by atoms with Gasteiger partial charge in [-0.25, -0.2) is 18.1 Å². The molecule has 0 unspecified atom stereocenters. The maximum absolute atomic E-state index is 12.0. The second-order valence-corrected chi connectivity index (χ2v) is 6.62. The molecule has 0 atom stereocenters. The molecule has 0 saturated heterocycles. The molecule has 2 aromatic rings. The van der Waals surface area contributed by atoms with Crippen LogP contribution in [0.1, 0.15) is 11.3 Å². The third-order valence-corrected chi connectivity index (χ3v) is 4.33. The van der Waals surface area contributed by atoms with Crippen molar-refractivity contribution in [2.24, 2.45) is 0 Å². The van der Waals surface area contributed by atoms with Gasteiger partial charge < -0.3 is 5.32 Å². The van der Waals surface area contributed by atoms with Gasteiger partial charge in [-0.3, -0.25) is 4.79 Å². The lowest BCUT2D eigenvalue weighted by atomic mass is 10.2. The molecule has 7 heteroatoms. The smallest absolute Gasteiger partial charge is 0.241 e. The van der Waals surface area contributed by atoms with Gasteiger partial charge in [0.15, 0.2) is 0 Å². The Bertz CT molecular complexity index is 771. The van der Waals surface area contributed by atoms with Crippen LogP contribution in [0.15, 0.2) is 47.4 Å². The largest absolute Gasteiger partial charge is 0.310 e. The molecule has 2 N–H and O–H groups in total. The van der Waals surface area contributed by atoms with Gasteiger partial charge in [-0.15, -0.1) is 0 Å². The minimum Gasteiger partial charge on any atom is -0.310 e. The maximum Gasteiger partial charge on any atom is 0.241 e. The van der Waals surface area contributed by atoms with Crippen molar-refractivity contribution in [2.45, 2.75) is 18.7 Å². The molecule has 0 spiro atoms.